The maximum atomic E-state index is 5.67. The molecule has 170 valence electrons. The zero-order chi connectivity index (χ0) is 21.1. The van der Waals surface area contributed by atoms with Crippen molar-refractivity contribution in [2.75, 3.05) is 54.5 Å². The van der Waals surface area contributed by atoms with Crippen LogP contribution in [-0.2, 0) is 23.7 Å². The second-order valence-electron chi connectivity index (χ2n) is 7.25. The van der Waals surface area contributed by atoms with Crippen LogP contribution in [0.15, 0.2) is 0 Å². The smallest absolute Gasteiger partial charge is 0.285 e. The molecule has 0 aliphatic carbocycles. The van der Waals surface area contributed by atoms with Crippen LogP contribution < -0.4 is 0 Å². The highest BCUT2D eigenvalue weighted by Crippen LogP contribution is 2.32. The van der Waals surface area contributed by atoms with E-state index in [4.69, 9.17) is 23.7 Å². The second kappa shape index (κ2) is 18.8. The topological polar surface area (TPSA) is 49.4 Å². The van der Waals surface area contributed by atoms with E-state index >= 15 is 0 Å². The summed E-state index contributed by atoms with van der Waals surface area (Å²) < 4.78 is 28.2. The average Bonchev–Trinajstić information content (AvgIpc) is 2.73. The van der Waals surface area contributed by atoms with Gasteiger partial charge in [0.2, 0.25) is 0 Å². The molecule has 0 saturated carbocycles. The van der Waals surface area contributed by atoms with E-state index in [9.17, 15) is 0 Å². The number of hydrogen-bond acceptors (Lipinski definition) is 6. The van der Waals surface area contributed by atoms with Crippen molar-refractivity contribution in [1.82, 2.24) is 4.90 Å². The third kappa shape index (κ3) is 11.7. The summed E-state index contributed by atoms with van der Waals surface area (Å²) in [5, 5.41) is 0. The predicted octanol–water partition coefficient (Wildman–Crippen LogP) is 5.02. The first-order valence-electron chi connectivity index (χ1n) is 11.2. The molecule has 6 nitrogen and oxygen atoms in total. The van der Waals surface area contributed by atoms with Crippen LogP contribution >= 0.6 is 0 Å². The van der Waals surface area contributed by atoms with Crippen LogP contribution in [0, 0.1) is 5.92 Å². The highest BCUT2D eigenvalue weighted by atomic mass is 16.9. The largest absolute Gasteiger partial charge is 0.366 e. The Balaban J connectivity index is 4.63. The lowest BCUT2D eigenvalue weighted by atomic mass is 9.93. The molecule has 0 aliphatic heterocycles. The number of ether oxygens (including phenoxy) is 5. The summed E-state index contributed by atoms with van der Waals surface area (Å²) in [7, 11) is 4.99. The average molecular weight is 406 g/mol. The van der Waals surface area contributed by atoms with E-state index in [1.54, 1.807) is 21.3 Å². The molecule has 0 amide bonds. The zero-order valence-electron chi connectivity index (χ0n) is 19.5. The number of methoxy groups -OCH3 is 3. The molecule has 0 N–H and O–H groups in total. The van der Waals surface area contributed by atoms with E-state index in [0.29, 0.717) is 26.7 Å². The third-order valence-electron chi connectivity index (χ3n) is 5.24. The Morgan fingerprint density at radius 2 is 1.18 bits per heavy atom. The lowest BCUT2D eigenvalue weighted by molar-refractivity contribution is -0.380. The van der Waals surface area contributed by atoms with E-state index < -0.39 is 5.97 Å². The van der Waals surface area contributed by atoms with Gasteiger partial charge in [0, 0.05) is 47.0 Å². The summed E-state index contributed by atoms with van der Waals surface area (Å²) in [6.45, 7) is 9.82. The fourth-order valence-corrected chi connectivity index (χ4v) is 3.59. The molecule has 0 bridgehead atoms. The van der Waals surface area contributed by atoms with Crippen molar-refractivity contribution in [1.29, 1.82) is 0 Å². The van der Waals surface area contributed by atoms with Crippen molar-refractivity contribution in [3.8, 4) is 0 Å². The van der Waals surface area contributed by atoms with Crippen molar-refractivity contribution in [2.45, 2.75) is 84.5 Å². The van der Waals surface area contributed by atoms with Crippen molar-refractivity contribution < 1.29 is 23.7 Å². The van der Waals surface area contributed by atoms with Gasteiger partial charge in [0.1, 0.15) is 13.5 Å². The Labute approximate surface area is 174 Å². The fraction of sp³-hybridized carbons (Fsp3) is 1.00. The molecular formula is C22H47NO5. The molecular weight excluding hydrogens is 358 g/mol. The van der Waals surface area contributed by atoms with Gasteiger partial charge < -0.3 is 23.7 Å². The van der Waals surface area contributed by atoms with Gasteiger partial charge in [-0.15, -0.1) is 0 Å². The van der Waals surface area contributed by atoms with E-state index in [2.05, 4.69) is 11.8 Å². The van der Waals surface area contributed by atoms with Crippen LogP contribution in [0.3, 0.4) is 0 Å². The molecule has 0 saturated heterocycles. The Hall–Kier alpha value is -0.240. The first-order valence-corrected chi connectivity index (χ1v) is 11.2. The van der Waals surface area contributed by atoms with Crippen molar-refractivity contribution in [2.24, 2.45) is 5.92 Å². The van der Waals surface area contributed by atoms with Gasteiger partial charge in [-0.1, -0.05) is 45.4 Å². The molecule has 0 radical (unpaired) electrons. The van der Waals surface area contributed by atoms with Crippen LogP contribution in [0.2, 0.25) is 0 Å². The SMILES string of the molecule is CCCCCCCCC(CCCN(COCC)COCC)C(OC)(OC)OC. The normalized spacial score (nSPS) is 13.4. The Morgan fingerprint density at radius 3 is 1.68 bits per heavy atom. The van der Waals surface area contributed by atoms with Gasteiger partial charge in [-0.3, -0.25) is 4.90 Å². The summed E-state index contributed by atoms with van der Waals surface area (Å²) in [6, 6.07) is 0. The van der Waals surface area contributed by atoms with Crippen LogP contribution in [-0.4, -0.2) is 65.4 Å². The molecule has 0 rings (SSSR count). The predicted molar refractivity (Wildman–Crippen MR) is 114 cm³/mol. The Bertz CT molecular complexity index is 310. The minimum Gasteiger partial charge on any atom is -0.366 e. The summed E-state index contributed by atoms with van der Waals surface area (Å²) in [5.74, 6) is -0.770. The molecule has 1 unspecified atom stereocenters. The van der Waals surface area contributed by atoms with E-state index in [1.807, 2.05) is 13.8 Å². The standard InChI is InChI=1S/C22H47NO5/c1-7-10-11-12-13-14-16-21(22(24-4,25-5)26-6)17-15-18-23(19-27-8-2)20-28-9-3/h21H,7-20H2,1-6H3. The molecule has 0 aromatic carbocycles. The van der Waals surface area contributed by atoms with Crippen LogP contribution in [0.4, 0.5) is 0 Å². The van der Waals surface area contributed by atoms with Gasteiger partial charge >= 0.3 is 0 Å². The monoisotopic (exact) mass is 405 g/mol. The molecule has 1 atom stereocenters. The van der Waals surface area contributed by atoms with Gasteiger partial charge in [-0.2, -0.15) is 0 Å². The summed E-state index contributed by atoms with van der Waals surface area (Å²) in [5.41, 5.74) is 0. The van der Waals surface area contributed by atoms with Gasteiger partial charge in [0.25, 0.3) is 5.97 Å². The van der Waals surface area contributed by atoms with Crippen molar-refractivity contribution >= 4 is 0 Å². The lowest BCUT2D eigenvalue weighted by Crippen LogP contribution is -2.44. The lowest BCUT2D eigenvalue weighted by Gasteiger charge is -2.37. The molecule has 0 aliphatic rings. The first kappa shape index (κ1) is 27.8. The van der Waals surface area contributed by atoms with Crippen molar-refractivity contribution in [3.05, 3.63) is 0 Å². The highest BCUT2D eigenvalue weighted by molar-refractivity contribution is 4.72. The van der Waals surface area contributed by atoms with Crippen LogP contribution in [0.25, 0.3) is 0 Å². The van der Waals surface area contributed by atoms with Gasteiger partial charge in [0.05, 0.1) is 0 Å². The van der Waals surface area contributed by atoms with Gasteiger partial charge in [-0.05, 0) is 33.1 Å². The molecule has 28 heavy (non-hydrogen) atoms. The van der Waals surface area contributed by atoms with Crippen molar-refractivity contribution in [3.63, 3.8) is 0 Å². The van der Waals surface area contributed by atoms with Crippen LogP contribution in [0.1, 0.15) is 78.6 Å². The molecule has 0 aromatic rings. The van der Waals surface area contributed by atoms with E-state index in [1.165, 1.54) is 38.5 Å². The highest BCUT2D eigenvalue weighted by Gasteiger charge is 2.39. The quantitative estimate of drug-likeness (QED) is 0.197. The Kier molecular flexibility index (Phi) is 18.6. The number of rotatable bonds is 21. The molecule has 6 heteroatoms. The maximum Gasteiger partial charge on any atom is 0.285 e. The molecule has 0 aromatic heterocycles. The van der Waals surface area contributed by atoms with Gasteiger partial charge in [0.15, 0.2) is 0 Å². The molecule has 0 spiro atoms. The summed E-state index contributed by atoms with van der Waals surface area (Å²) in [6.07, 6.45) is 10.7. The second-order valence-corrected chi connectivity index (χ2v) is 7.25. The van der Waals surface area contributed by atoms with E-state index in [0.717, 1.165) is 25.8 Å². The van der Waals surface area contributed by atoms with E-state index in [-0.39, 0.29) is 5.92 Å². The minimum absolute atomic E-state index is 0.194. The number of nitrogens with zero attached hydrogens (tertiary/aromatic N) is 1. The molecule has 0 fully saturated rings. The fourth-order valence-electron chi connectivity index (χ4n) is 3.59. The summed E-state index contributed by atoms with van der Waals surface area (Å²) in [4.78, 5) is 2.20. The number of unbranched alkanes of at least 4 members (excludes halogenated alkanes) is 5. The third-order valence-corrected chi connectivity index (χ3v) is 5.24. The first-order chi connectivity index (χ1) is 13.6. The Morgan fingerprint density at radius 1 is 0.679 bits per heavy atom. The maximum absolute atomic E-state index is 5.67. The van der Waals surface area contributed by atoms with Crippen LogP contribution in [0.5, 0.6) is 0 Å². The molecule has 0 heterocycles. The minimum atomic E-state index is -0.964. The van der Waals surface area contributed by atoms with Gasteiger partial charge in [-0.25, -0.2) is 0 Å². The zero-order valence-corrected chi connectivity index (χ0v) is 19.5. The number of hydrogen-bond donors (Lipinski definition) is 0. The summed E-state index contributed by atoms with van der Waals surface area (Å²) >= 11 is 0.